The molecule has 0 unspecified atom stereocenters. The molecule has 0 aliphatic carbocycles. The molecule has 66 valence electrons. The maximum Gasteiger partial charge on any atom is 0.277 e. The lowest BCUT2D eigenvalue weighted by molar-refractivity contribution is 0.265. The van der Waals surface area contributed by atoms with Crippen molar-refractivity contribution < 1.29 is 9.94 Å². The van der Waals surface area contributed by atoms with Crippen molar-refractivity contribution in [1.82, 2.24) is 0 Å². The van der Waals surface area contributed by atoms with Gasteiger partial charge in [-0.15, -0.1) is 0 Å². The van der Waals surface area contributed by atoms with Crippen LogP contribution in [0.5, 0.6) is 0 Å². The van der Waals surface area contributed by atoms with E-state index in [0.29, 0.717) is 6.21 Å². The largest absolute Gasteiger partial charge is 0.472 e. The average Bonchev–Trinajstić information content (AvgIpc) is 2.11. The highest BCUT2D eigenvalue weighted by molar-refractivity contribution is 6.59. The molecule has 3 N–H and O–H groups in total. The van der Waals surface area contributed by atoms with E-state index in [0.717, 1.165) is 0 Å². The van der Waals surface area contributed by atoms with Gasteiger partial charge in [-0.1, -0.05) is 5.18 Å². The Bertz CT molecular complexity index is 213. The van der Waals surface area contributed by atoms with Crippen LogP contribution in [0.3, 0.4) is 0 Å². The molecule has 0 heterocycles. The number of nitrogens with zero attached hydrogens (tertiary/aromatic N) is 2. The van der Waals surface area contributed by atoms with Crippen LogP contribution in [-0.2, 0) is 4.74 Å². The van der Waals surface area contributed by atoms with Gasteiger partial charge in [0.15, 0.2) is 0 Å². The Morgan fingerprint density at radius 3 is 2.75 bits per heavy atom. The summed E-state index contributed by atoms with van der Waals surface area (Å²) in [4.78, 5) is 9.58. The summed E-state index contributed by atoms with van der Waals surface area (Å²) in [6.07, 6.45) is 0.656. The first kappa shape index (κ1) is 10.2. The maximum absolute atomic E-state index is 9.58. The molecule has 7 heteroatoms. The summed E-state index contributed by atoms with van der Waals surface area (Å²) >= 11 is 0. The van der Waals surface area contributed by atoms with Crippen LogP contribution < -0.4 is 0 Å². The molecule has 0 spiro atoms. The van der Waals surface area contributed by atoms with Gasteiger partial charge in [-0.05, 0) is 5.16 Å². The second-order valence-electron chi connectivity index (χ2n) is 1.66. The molecular weight excluding hydrogens is 164 g/mol. The minimum absolute atomic E-state index is 0.0703. The molecule has 0 aromatic heterocycles. The van der Waals surface area contributed by atoms with Crippen LogP contribution in [0.4, 0.5) is 0 Å². The predicted molar refractivity (Wildman–Crippen MR) is 42.3 cm³/mol. The Morgan fingerprint density at radius 1 is 1.67 bits per heavy atom. The first-order chi connectivity index (χ1) is 5.76. The van der Waals surface area contributed by atoms with Gasteiger partial charge in [-0.25, -0.2) is 0 Å². The summed E-state index contributed by atoms with van der Waals surface area (Å²) in [5, 5.41) is 26.9. The van der Waals surface area contributed by atoms with Gasteiger partial charge in [0.2, 0.25) is 0 Å². The lowest BCUT2D eigenvalue weighted by Gasteiger charge is -2.02. The summed E-state index contributed by atoms with van der Waals surface area (Å²) in [6.45, 7) is -0.163. The number of rotatable bonds is 5. The Balaban J connectivity index is 3.93. The molecule has 0 aliphatic heterocycles. The SMILES string of the molecule is N=CC(=N)/C(=N\O)OCCN=O. The average molecular weight is 172 g/mol. The molecule has 0 aromatic carbocycles. The van der Waals surface area contributed by atoms with Gasteiger partial charge in [0.05, 0.1) is 0 Å². The number of nitroso groups, excluding NO2 is 1. The topological polar surface area (TPSA) is 119 Å². The van der Waals surface area contributed by atoms with Crippen molar-refractivity contribution in [2.24, 2.45) is 10.3 Å². The molecule has 0 saturated carbocycles. The van der Waals surface area contributed by atoms with E-state index in [2.05, 4.69) is 15.1 Å². The highest BCUT2D eigenvalue weighted by Gasteiger charge is 2.05. The highest BCUT2D eigenvalue weighted by Crippen LogP contribution is 1.84. The normalized spacial score (nSPS) is 10.5. The standard InChI is InChI=1S/C5H8N4O3/c6-3-4(7)5(9-11)12-2-1-8-10/h3,6-7,11H,1-2H2/b6-3?,7-4?,9-5+. The first-order valence-electron chi connectivity index (χ1n) is 2.99. The maximum atomic E-state index is 9.58. The Morgan fingerprint density at radius 2 is 2.33 bits per heavy atom. The summed E-state index contributed by atoms with van der Waals surface area (Å²) in [5.41, 5.74) is -0.372. The van der Waals surface area contributed by atoms with Crippen molar-refractivity contribution in [1.29, 1.82) is 10.8 Å². The van der Waals surface area contributed by atoms with Crippen LogP contribution in [0, 0.1) is 15.7 Å². The van der Waals surface area contributed by atoms with Gasteiger partial charge < -0.3 is 15.4 Å². The minimum atomic E-state index is -0.395. The van der Waals surface area contributed by atoms with Gasteiger partial charge >= 0.3 is 0 Å². The van der Waals surface area contributed by atoms with E-state index < -0.39 is 5.90 Å². The summed E-state index contributed by atoms with van der Waals surface area (Å²) < 4.78 is 4.61. The van der Waals surface area contributed by atoms with Crippen molar-refractivity contribution in [3.05, 3.63) is 4.91 Å². The monoisotopic (exact) mass is 172 g/mol. The van der Waals surface area contributed by atoms with E-state index in [1.807, 2.05) is 0 Å². The van der Waals surface area contributed by atoms with Crippen molar-refractivity contribution in [3.63, 3.8) is 0 Å². The second kappa shape index (κ2) is 5.96. The summed E-state index contributed by atoms with van der Waals surface area (Å²) in [5.74, 6) is -0.395. The molecule has 7 nitrogen and oxygen atoms in total. The molecule has 0 saturated heterocycles. The zero-order valence-electron chi connectivity index (χ0n) is 6.15. The van der Waals surface area contributed by atoms with Crippen LogP contribution in [-0.4, -0.2) is 36.2 Å². The van der Waals surface area contributed by atoms with Crippen molar-refractivity contribution in [2.45, 2.75) is 0 Å². The Hall–Kier alpha value is -1.79. The zero-order chi connectivity index (χ0) is 9.40. The number of hydrogen-bond acceptors (Lipinski definition) is 7. The lowest BCUT2D eigenvalue weighted by Crippen LogP contribution is -2.19. The molecular formula is C5H8N4O3. The van der Waals surface area contributed by atoms with Gasteiger partial charge in [0.25, 0.3) is 5.90 Å². The zero-order valence-corrected chi connectivity index (χ0v) is 6.15. The van der Waals surface area contributed by atoms with Crippen molar-refractivity contribution in [3.8, 4) is 0 Å². The fourth-order valence-corrected chi connectivity index (χ4v) is 0.402. The molecule has 0 rings (SSSR count). The highest BCUT2D eigenvalue weighted by atomic mass is 16.5. The number of oxime groups is 1. The second-order valence-corrected chi connectivity index (χ2v) is 1.66. The first-order valence-corrected chi connectivity index (χ1v) is 2.99. The van der Waals surface area contributed by atoms with E-state index in [1.165, 1.54) is 0 Å². The number of ether oxygens (including phenoxy) is 1. The summed E-state index contributed by atoms with van der Waals surface area (Å²) in [7, 11) is 0. The van der Waals surface area contributed by atoms with Crippen LogP contribution in [0.25, 0.3) is 0 Å². The van der Waals surface area contributed by atoms with E-state index >= 15 is 0 Å². The molecule has 0 fully saturated rings. The quantitative estimate of drug-likeness (QED) is 0.137. The third-order valence-corrected chi connectivity index (χ3v) is 0.887. The van der Waals surface area contributed by atoms with Gasteiger partial charge in [-0.2, -0.15) is 4.91 Å². The molecule has 12 heavy (non-hydrogen) atoms. The molecule has 0 amide bonds. The van der Waals surface area contributed by atoms with Crippen LogP contribution in [0.15, 0.2) is 10.3 Å². The lowest BCUT2D eigenvalue weighted by atomic mass is 10.4. The molecule has 0 bridgehead atoms. The predicted octanol–water partition coefficient (Wildman–Crippen LogP) is 0.226. The van der Waals surface area contributed by atoms with E-state index in [4.69, 9.17) is 16.0 Å². The van der Waals surface area contributed by atoms with Gasteiger partial charge in [0, 0.05) is 6.21 Å². The van der Waals surface area contributed by atoms with Gasteiger partial charge in [0.1, 0.15) is 18.9 Å². The fraction of sp³-hybridized carbons (Fsp3) is 0.400. The summed E-state index contributed by atoms with van der Waals surface area (Å²) in [6, 6.07) is 0. The minimum Gasteiger partial charge on any atom is -0.472 e. The third-order valence-electron chi connectivity index (χ3n) is 0.887. The number of hydrogen-bond donors (Lipinski definition) is 3. The molecule has 0 radical (unpaired) electrons. The van der Waals surface area contributed by atoms with Crippen LogP contribution in [0.2, 0.25) is 0 Å². The molecule has 0 aromatic rings. The third kappa shape index (κ3) is 3.40. The van der Waals surface area contributed by atoms with E-state index in [-0.39, 0.29) is 18.9 Å². The number of nitrogens with one attached hydrogen (secondary N) is 2. The smallest absolute Gasteiger partial charge is 0.277 e. The van der Waals surface area contributed by atoms with Crippen molar-refractivity contribution >= 4 is 17.8 Å². The Labute approximate surface area is 68.0 Å². The van der Waals surface area contributed by atoms with Gasteiger partial charge in [-0.3, -0.25) is 5.41 Å². The Kier molecular flexibility index (Phi) is 5.07. The van der Waals surface area contributed by atoms with Crippen LogP contribution in [0.1, 0.15) is 0 Å². The van der Waals surface area contributed by atoms with E-state index in [1.54, 1.807) is 0 Å². The fourth-order valence-electron chi connectivity index (χ4n) is 0.402. The van der Waals surface area contributed by atoms with Crippen LogP contribution >= 0.6 is 0 Å². The van der Waals surface area contributed by atoms with E-state index in [9.17, 15) is 4.91 Å². The molecule has 0 aliphatic rings. The van der Waals surface area contributed by atoms with Crippen molar-refractivity contribution in [2.75, 3.05) is 13.2 Å². The molecule has 0 atom stereocenters.